The summed E-state index contributed by atoms with van der Waals surface area (Å²) in [5, 5.41) is 3.48. The summed E-state index contributed by atoms with van der Waals surface area (Å²) in [7, 11) is 3.81. The second-order valence-electron chi connectivity index (χ2n) is 6.99. The summed E-state index contributed by atoms with van der Waals surface area (Å²) >= 11 is 0. The van der Waals surface area contributed by atoms with Gasteiger partial charge in [-0.25, -0.2) is 4.39 Å². The Hall–Kier alpha value is -2.44. The van der Waals surface area contributed by atoms with Gasteiger partial charge in [-0.05, 0) is 23.3 Å². The van der Waals surface area contributed by atoms with Gasteiger partial charge in [-0.2, -0.15) is 0 Å². The van der Waals surface area contributed by atoms with Crippen molar-refractivity contribution in [1.29, 1.82) is 0 Å². The molecule has 2 aromatic carbocycles. The molecule has 0 aromatic heterocycles. The molecular weight excluding hydrogens is 355 g/mol. The molecule has 1 heterocycles. The van der Waals surface area contributed by atoms with Crippen molar-refractivity contribution in [2.24, 2.45) is 4.99 Å². The third-order valence-corrected chi connectivity index (χ3v) is 5.01. The molecule has 3 rings (SSSR count). The fraction of sp³-hybridized carbons (Fsp3) is 0.409. The van der Waals surface area contributed by atoms with Gasteiger partial charge in [0.15, 0.2) is 5.96 Å². The van der Waals surface area contributed by atoms with Gasteiger partial charge in [0.2, 0.25) is 0 Å². The standard InChI is InChI=1S/C22H29FN4O/c1-24-22(26(2)17-18-7-4-3-5-8-18)25-16-21(27-11-13-28-14-12-27)19-9-6-10-20(23)15-19/h3-10,15,21H,11-14,16-17H2,1-2H3,(H,24,25). The molecule has 1 fully saturated rings. The fourth-order valence-corrected chi connectivity index (χ4v) is 3.57. The summed E-state index contributed by atoms with van der Waals surface area (Å²) in [4.78, 5) is 8.86. The summed E-state index contributed by atoms with van der Waals surface area (Å²) in [6.07, 6.45) is 0. The van der Waals surface area contributed by atoms with Crippen LogP contribution in [-0.4, -0.2) is 62.7 Å². The van der Waals surface area contributed by atoms with Gasteiger partial charge >= 0.3 is 0 Å². The number of ether oxygens (including phenoxy) is 1. The van der Waals surface area contributed by atoms with Gasteiger partial charge in [-0.15, -0.1) is 0 Å². The molecule has 150 valence electrons. The Labute approximate surface area is 166 Å². The van der Waals surface area contributed by atoms with Crippen LogP contribution in [0.3, 0.4) is 0 Å². The molecule has 0 saturated carbocycles. The molecule has 6 heteroatoms. The van der Waals surface area contributed by atoms with E-state index in [1.54, 1.807) is 19.2 Å². The van der Waals surface area contributed by atoms with Gasteiger partial charge in [-0.1, -0.05) is 42.5 Å². The van der Waals surface area contributed by atoms with Gasteiger partial charge in [0.05, 0.1) is 19.3 Å². The number of hydrogen-bond donors (Lipinski definition) is 1. The van der Waals surface area contributed by atoms with Crippen molar-refractivity contribution in [2.45, 2.75) is 12.6 Å². The van der Waals surface area contributed by atoms with Crippen molar-refractivity contribution in [3.05, 3.63) is 71.5 Å². The highest BCUT2D eigenvalue weighted by Crippen LogP contribution is 2.22. The van der Waals surface area contributed by atoms with Crippen LogP contribution in [0.4, 0.5) is 4.39 Å². The Morgan fingerprint density at radius 3 is 2.61 bits per heavy atom. The lowest BCUT2D eigenvalue weighted by Gasteiger charge is -2.35. The maximum atomic E-state index is 13.8. The molecule has 1 aliphatic rings. The first-order chi connectivity index (χ1) is 13.7. The van der Waals surface area contributed by atoms with Crippen LogP contribution in [0.2, 0.25) is 0 Å². The van der Waals surface area contributed by atoms with Gasteiger partial charge < -0.3 is 15.0 Å². The monoisotopic (exact) mass is 384 g/mol. The smallest absolute Gasteiger partial charge is 0.193 e. The quantitative estimate of drug-likeness (QED) is 0.614. The zero-order valence-electron chi connectivity index (χ0n) is 16.6. The van der Waals surface area contributed by atoms with Crippen molar-refractivity contribution in [1.82, 2.24) is 15.1 Å². The topological polar surface area (TPSA) is 40.1 Å². The third kappa shape index (κ3) is 5.53. The van der Waals surface area contributed by atoms with Crippen molar-refractivity contribution < 1.29 is 9.13 Å². The predicted octanol–water partition coefficient (Wildman–Crippen LogP) is 2.91. The first-order valence-corrected chi connectivity index (χ1v) is 9.70. The maximum absolute atomic E-state index is 13.8. The van der Waals surface area contributed by atoms with Crippen molar-refractivity contribution in [3.63, 3.8) is 0 Å². The van der Waals surface area contributed by atoms with E-state index in [-0.39, 0.29) is 11.9 Å². The average molecular weight is 384 g/mol. The largest absolute Gasteiger partial charge is 0.379 e. The first kappa shape index (κ1) is 20.3. The van der Waals surface area contributed by atoms with E-state index in [0.29, 0.717) is 19.8 Å². The molecule has 2 aromatic rings. The van der Waals surface area contributed by atoms with Gasteiger partial charge in [-0.3, -0.25) is 9.89 Å². The van der Waals surface area contributed by atoms with Gasteiger partial charge in [0, 0.05) is 40.3 Å². The molecule has 28 heavy (non-hydrogen) atoms. The second kappa shape index (κ2) is 10.2. The number of nitrogens with one attached hydrogen (secondary N) is 1. The van der Waals surface area contributed by atoms with Crippen LogP contribution in [0.25, 0.3) is 0 Å². The lowest BCUT2D eigenvalue weighted by atomic mass is 10.0. The van der Waals surface area contributed by atoms with Crippen molar-refractivity contribution in [2.75, 3.05) is 46.9 Å². The normalized spacial score (nSPS) is 16.6. The van der Waals surface area contributed by atoms with Crippen LogP contribution >= 0.6 is 0 Å². The van der Waals surface area contributed by atoms with Crippen LogP contribution in [-0.2, 0) is 11.3 Å². The number of rotatable bonds is 6. The summed E-state index contributed by atoms with van der Waals surface area (Å²) in [5.41, 5.74) is 2.19. The van der Waals surface area contributed by atoms with E-state index in [4.69, 9.17) is 4.74 Å². The molecule has 1 aliphatic heterocycles. The van der Waals surface area contributed by atoms with Crippen LogP contribution in [0.15, 0.2) is 59.6 Å². The van der Waals surface area contributed by atoms with Crippen molar-refractivity contribution in [3.8, 4) is 0 Å². The molecule has 1 atom stereocenters. The van der Waals surface area contributed by atoms with E-state index in [1.165, 1.54) is 11.6 Å². The zero-order valence-corrected chi connectivity index (χ0v) is 16.6. The van der Waals surface area contributed by atoms with Crippen molar-refractivity contribution >= 4 is 5.96 Å². The first-order valence-electron chi connectivity index (χ1n) is 9.70. The predicted molar refractivity (Wildman–Crippen MR) is 111 cm³/mol. The number of hydrogen-bond acceptors (Lipinski definition) is 3. The molecule has 1 saturated heterocycles. The third-order valence-electron chi connectivity index (χ3n) is 5.01. The number of benzene rings is 2. The Morgan fingerprint density at radius 2 is 1.93 bits per heavy atom. The van der Waals surface area contributed by atoms with Crippen LogP contribution in [0.5, 0.6) is 0 Å². The second-order valence-corrected chi connectivity index (χ2v) is 6.99. The van der Waals surface area contributed by atoms with E-state index >= 15 is 0 Å². The molecular formula is C22H29FN4O. The van der Waals surface area contributed by atoms with Crippen LogP contribution in [0.1, 0.15) is 17.2 Å². The van der Waals surface area contributed by atoms with E-state index in [0.717, 1.165) is 31.2 Å². The average Bonchev–Trinajstić information content (AvgIpc) is 2.72. The Kier molecular flexibility index (Phi) is 7.39. The van der Waals surface area contributed by atoms with Crippen LogP contribution < -0.4 is 5.32 Å². The highest BCUT2D eigenvalue weighted by molar-refractivity contribution is 5.79. The summed E-state index contributed by atoms with van der Waals surface area (Å²) < 4.78 is 19.3. The molecule has 1 unspecified atom stereocenters. The Balaban J connectivity index is 1.69. The molecule has 0 aliphatic carbocycles. The van der Waals surface area contributed by atoms with E-state index in [9.17, 15) is 4.39 Å². The van der Waals surface area contributed by atoms with E-state index in [2.05, 4.69) is 32.2 Å². The molecule has 1 N–H and O–H groups in total. The number of halogens is 1. The highest BCUT2D eigenvalue weighted by Gasteiger charge is 2.23. The minimum Gasteiger partial charge on any atom is -0.379 e. The molecule has 5 nitrogen and oxygen atoms in total. The Morgan fingerprint density at radius 1 is 1.18 bits per heavy atom. The zero-order chi connectivity index (χ0) is 19.8. The lowest BCUT2D eigenvalue weighted by Crippen LogP contribution is -2.46. The summed E-state index contributed by atoms with van der Waals surface area (Å²) in [6.45, 7) is 4.49. The fourth-order valence-electron chi connectivity index (χ4n) is 3.57. The Bertz CT molecular complexity index is 762. The molecule has 0 amide bonds. The highest BCUT2D eigenvalue weighted by atomic mass is 19.1. The minimum atomic E-state index is -0.207. The number of aliphatic imine (C=N–C) groups is 1. The summed E-state index contributed by atoms with van der Waals surface area (Å²) in [5.74, 6) is 0.611. The maximum Gasteiger partial charge on any atom is 0.193 e. The molecule has 0 bridgehead atoms. The van der Waals surface area contributed by atoms with Gasteiger partial charge in [0.1, 0.15) is 5.82 Å². The van der Waals surface area contributed by atoms with E-state index in [1.807, 2.05) is 31.3 Å². The molecule has 0 radical (unpaired) electrons. The lowest BCUT2D eigenvalue weighted by molar-refractivity contribution is 0.0168. The van der Waals surface area contributed by atoms with Gasteiger partial charge in [0.25, 0.3) is 0 Å². The number of guanidine groups is 1. The number of morpholine rings is 1. The van der Waals surface area contributed by atoms with Crippen LogP contribution in [0, 0.1) is 5.82 Å². The van der Waals surface area contributed by atoms with E-state index < -0.39 is 0 Å². The number of nitrogens with zero attached hydrogens (tertiary/aromatic N) is 3. The molecule has 0 spiro atoms. The minimum absolute atomic E-state index is 0.0569. The SMILES string of the molecule is CN=C(NCC(c1cccc(F)c1)N1CCOCC1)N(C)Cc1ccccc1. The summed E-state index contributed by atoms with van der Waals surface area (Å²) in [6, 6.07) is 17.2.